The molecule has 0 unspecified atom stereocenters. The van der Waals surface area contributed by atoms with Gasteiger partial charge in [-0.15, -0.1) is 0 Å². The molecule has 0 aliphatic carbocycles. The van der Waals surface area contributed by atoms with E-state index in [1.54, 1.807) is 0 Å². The fourth-order valence-corrected chi connectivity index (χ4v) is 2.06. The largest absolute Gasteiger partial charge is 0.490 e. The van der Waals surface area contributed by atoms with Crippen LogP contribution in [0.2, 0.25) is 0 Å². The second-order valence-corrected chi connectivity index (χ2v) is 5.13. The Balaban J connectivity index is 2.56. The highest BCUT2D eigenvalue weighted by Gasteiger charge is 2.07. The van der Waals surface area contributed by atoms with Crippen LogP contribution >= 0.6 is 15.9 Å². The van der Waals surface area contributed by atoms with Gasteiger partial charge in [0.1, 0.15) is 12.4 Å². The minimum atomic E-state index is 0.244. The molecule has 0 spiro atoms. The molecule has 0 heterocycles. The molecule has 0 aromatic heterocycles. The fraction of sp³-hybridized carbons (Fsp3) is 0.571. The summed E-state index contributed by atoms with van der Waals surface area (Å²) in [5, 5.41) is 3.31. The molecule has 1 aromatic rings. The van der Waals surface area contributed by atoms with E-state index in [0.717, 1.165) is 28.9 Å². The molecule has 0 aliphatic heterocycles. The summed E-state index contributed by atoms with van der Waals surface area (Å²) in [6.07, 6.45) is 0.244. The standard InChI is InChI=1S/C14H22BrNO2/c1-4-16-10-12-6-5-7-13(15)14(12)18-9-8-17-11(2)3/h5-7,11,16H,4,8-10H2,1-3H3. The second-order valence-electron chi connectivity index (χ2n) is 4.28. The van der Waals surface area contributed by atoms with E-state index in [-0.39, 0.29) is 6.10 Å². The van der Waals surface area contributed by atoms with E-state index in [1.165, 1.54) is 0 Å². The van der Waals surface area contributed by atoms with Crippen LogP contribution in [0.15, 0.2) is 22.7 Å². The zero-order chi connectivity index (χ0) is 13.4. The lowest BCUT2D eigenvalue weighted by Crippen LogP contribution is -2.15. The van der Waals surface area contributed by atoms with Crippen LogP contribution in [-0.2, 0) is 11.3 Å². The van der Waals surface area contributed by atoms with Gasteiger partial charge in [-0.1, -0.05) is 19.1 Å². The zero-order valence-corrected chi connectivity index (χ0v) is 12.9. The molecule has 3 nitrogen and oxygen atoms in total. The monoisotopic (exact) mass is 315 g/mol. The molecule has 0 saturated carbocycles. The summed E-state index contributed by atoms with van der Waals surface area (Å²) in [4.78, 5) is 0. The molecule has 0 saturated heterocycles. The van der Waals surface area contributed by atoms with Crippen LogP contribution in [0.5, 0.6) is 5.75 Å². The highest BCUT2D eigenvalue weighted by atomic mass is 79.9. The number of para-hydroxylation sites is 1. The maximum absolute atomic E-state index is 5.80. The van der Waals surface area contributed by atoms with E-state index in [4.69, 9.17) is 9.47 Å². The predicted molar refractivity (Wildman–Crippen MR) is 78.1 cm³/mol. The maximum Gasteiger partial charge on any atom is 0.138 e. The van der Waals surface area contributed by atoms with Crippen LogP contribution in [0.3, 0.4) is 0 Å². The Kier molecular flexibility index (Phi) is 7.32. The molecule has 18 heavy (non-hydrogen) atoms. The quantitative estimate of drug-likeness (QED) is 0.746. The molecule has 0 atom stereocenters. The van der Waals surface area contributed by atoms with Crippen molar-refractivity contribution in [1.82, 2.24) is 5.32 Å². The SMILES string of the molecule is CCNCc1cccc(Br)c1OCCOC(C)C. The Morgan fingerprint density at radius 3 is 2.72 bits per heavy atom. The van der Waals surface area contributed by atoms with Gasteiger partial charge < -0.3 is 14.8 Å². The molecule has 0 amide bonds. The van der Waals surface area contributed by atoms with Gasteiger partial charge in [0, 0.05) is 12.1 Å². The summed E-state index contributed by atoms with van der Waals surface area (Å²) in [5.74, 6) is 0.908. The minimum Gasteiger partial charge on any atom is -0.490 e. The molecule has 102 valence electrons. The summed E-state index contributed by atoms with van der Waals surface area (Å²) < 4.78 is 12.3. The van der Waals surface area contributed by atoms with Crippen LogP contribution in [0.4, 0.5) is 0 Å². The van der Waals surface area contributed by atoms with Crippen LogP contribution in [0.25, 0.3) is 0 Å². The summed E-state index contributed by atoms with van der Waals surface area (Å²) in [7, 11) is 0. The zero-order valence-electron chi connectivity index (χ0n) is 11.3. The Hall–Kier alpha value is -0.580. The van der Waals surface area contributed by atoms with E-state index in [0.29, 0.717) is 13.2 Å². The molecule has 1 aromatic carbocycles. The molecule has 0 aliphatic rings. The van der Waals surface area contributed by atoms with Crippen molar-refractivity contribution < 1.29 is 9.47 Å². The van der Waals surface area contributed by atoms with Crippen molar-refractivity contribution in [2.75, 3.05) is 19.8 Å². The van der Waals surface area contributed by atoms with E-state index >= 15 is 0 Å². The van der Waals surface area contributed by atoms with Crippen LogP contribution in [0.1, 0.15) is 26.3 Å². The number of benzene rings is 1. The summed E-state index contributed by atoms with van der Waals surface area (Å²) in [5.41, 5.74) is 1.16. The van der Waals surface area contributed by atoms with Crippen molar-refractivity contribution >= 4 is 15.9 Å². The number of ether oxygens (including phenoxy) is 2. The van der Waals surface area contributed by atoms with Gasteiger partial charge in [-0.25, -0.2) is 0 Å². The highest BCUT2D eigenvalue weighted by Crippen LogP contribution is 2.29. The lowest BCUT2D eigenvalue weighted by atomic mass is 10.2. The van der Waals surface area contributed by atoms with Gasteiger partial charge in [0.2, 0.25) is 0 Å². The lowest BCUT2D eigenvalue weighted by molar-refractivity contribution is 0.0549. The van der Waals surface area contributed by atoms with Crippen molar-refractivity contribution in [2.45, 2.75) is 33.4 Å². The summed E-state index contributed by atoms with van der Waals surface area (Å²) in [6, 6.07) is 6.09. The first-order chi connectivity index (χ1) is 8.65. The third-order valence-electron chi connectivity index (χ3n) is 2.39. The molecule has 0 radical (unpaired) electrons. The third-order valence-corrected chi connectivity index (χ3v) is 3.02. The summed E-state index contributed by atoms with van der Waals surface area (Å²) in [6.45, 7) is 9.08. The van der Waals surface area contributed by atoms with Crippen LogP contribution < -0.4 is 10.1 Å². The average molecular weight is 316 g/mol. The van der Waals surface area contributed by atoms with Gasteiger partial charge in [0.05, 0.1) is 17.2 Å². The molecule has 0 bridgehead atoms. The molecular formula is C14H22BrNO2. The van der Waals surface area contributed by atoms with E-state index in [9.17, 15) is 0 Å². The number of hydrogen-bond donors (Lipinski definition) is 1. The number of nitrogens with one attached hydrogen (secondary N) is 1. The third kappa shape index (κ3) is 5.38. The van der Waals surface area contributed by atoms with Gasteiger partial charge in [0.15, 0.2) is 0 Å². The van der Waals surface area contributed by atoms with E-state index < -0.39 is 0 Å². The summed E-state index contributed by atoms with van der Waals surface area (Å²) >= 11 is 3.53. The predicted octanol–water partition coefficient (Wildman–Crippen LogP) is 3.36. The van der Waals surface area contributed by atoms with Gasteiger partial charge in [0.25, 0.3) is 0 Å². The average Bonchev–Trinajstić information content (AvgIpc) is 2.33. The van der Waals surface area contributed by atoms with Gasteiger partial charge >= 0.3 is 0 Å². The van der Waals surface area contributed by atoms with E-state index in [1.807, 2.05) is 26.0 Å². The number of hydrogen-bond acceptors (Lipinski definition) is 3. The Labute approximate surface area is 118 Å². The van der Waals surface area contributed by atoms with Gasteiger partial charge in [-0.3, -0.25) is 0 Å². The Morgan fingerprint density at radius 2 is 2.06 bits per heavy atom. The first-order valence-electron chi connectivity index (χ1n) is 6.37. The smallest absolute Gasteiger partial charge is 0.138 e. The molecule has 4 heteroatoms. The Morgan fingerprint density at radius 1 is 1.28 bits per heavy atom. The highest BCUT2D eigenvalue weighted by molar-refractivity contribution is 9.10. The van der Waals surface area contributed by atoms with Crippen molar-refractivity contribution in [3.63, 3.8) is 0 Å². The van der Waals surface area contributed by atoms with E-state index in [2.05, 4.69) is 34.2 Å². The minimum absolute atomic E-state index is 0.244. The number of rotatable bonds is 8. The van der Waals surface area contributed by atoms with Crippen LogP contribution in [0, 0.1) is 0 Å². The molecular weight excluding hydrogens is 294 g/mol. The van der Waals surface area contributed by atoms with Gasteiger partial charge in [-0.2, -0.15) is 0 Å². The van der Waals surface area contributed by atoms with Crippen molar-refractivity contribution in [3.8, 4) is 5.75 Å². The fourth-order valence-electron chi connectivity index (χ4n) is 1.54. The molecule has 1 rings (SSSR count). The number of halogens is 1. The first-order valence-corrected chi connectivity index (χ1v) is 7.17. The lowest BCUT2D eigenvalue weighted by Gasteiger charge is -2.14. The second kappa shape index (κ2) is 8.51. The molecule has 1 N–H and O–H groups in total. The van der Waals surface area contributed by atoms with Crippen LogP contribution in [-0.4, -0.2) is 25.9 Å². The van der Waals surface area contributed by atoms with Crippen molar-refractivity contribution in [3.05, 3.63) is 28.2 Å². The normalized spacial score (nSPS) is 10.9. The Bertz CT molecular complexity index is 356. The van der Waals surface area contributed by atoms with Crippen molar-refractivity contribution in [2.24, 2.45) is 0 Å². The maximum atomic E-state index is 5.80. The van der Waals surface area contributed by atoms with Gasteiger partial charge in [-0.05, 0) is 42.4 Å². The topological polar surface area (TPSA) is 30.5 Å². The first kappa shape index (κ1) is 15.5. The van der Waals surface area contributed by atoms with Crippen molar-refractivity contribution in [1.29, 1.82) is 0 Å². The molecule has 0 fully saturated rings.